The van der Waals surface area contributed by atoms with Crippen LogP contribution in [0, 0.1) is 0 Å². The lowest BCUT2D eigenvalue weighted by Crippen LogP contribution is -1.99. The predicted octanol–water partition coefficient (Wildman–Crippen LogP) is 4.57. The van der Waals surface area contributed by atoms with E-state index in [1.54, 1.807) is 6.33 Å². The number of halogens is 1. The van der Waals surface area contributed by atoms with Gasteiger partial charge in [0.15, 0.2) is 0 Å². The van der Waals surface area contributed by atoms with E-state index in [9.17, 15) is 0 Å². The van der Waals surface area contributed by atoms with Gasteiger partial charge in [0.1, 0.15) is 12.1 Å². The Hall–Kier alpha value is -2.14. The van der Waals surface area contributed by atoms with Crippen LogP contribution in [0.1, 0.15) is 6.92 Å². The van der Waals surface area contributed by atoms with Crippen molar-refractivity contribution in [2.45, 2.75) is 6.92 Å². The number of nitrogens with one attached hydrogen (secondary N) is 2. The third kappa shape index (κ3) is 3.13. The summed E-state index contributed by atoms with van der Waals surface area (Å²) < 4.78 is 1.03. The summed E-state index contributed by atoms with van der Waals surface area (Å²) in [5.74, 6) is 0.804. The van der Waals surface area contributed by atoms with Crippen LogP contribution in [0.3, 0.4) is 0 Å². The second kappa shape index (κ2) is 6.10. The molecule has 0 fully saturated rings. The maximum Gasteiger partial charge on any atom is 0.141 e. The highest BCUT2D eigenvalue weighted by molar-refractivity contribution is 9.10. The molecule has 3 rings (SSSR count). The number of benzene rings is 2. The Kier molecular flexibility index (Phi) is 4.01. The zero-order chi connectivity index (χ0) is 14.7. The van der Waals surface area contributed by atoms with Gasteiger partial charge in [0, 0.05) is 27.8 Å². The maximum absolute atomic E-state index is 4.37. The summed E-state index contributed by atoms with van der Waals surface area (Å²) in [6.07, 6.45) is 1.58. The summed E-state index contributed by atoms with van der Waals surface area (Å²) >= 11 is 3.47. The molecule has 2 N–H and O–H groups in total. The minimum atomic E-state index is 0.804. The number of anilines is 3. The molecule has 0 saturated carbocycles. The van der Waals surface area contributed by atoms with E-state index in [1.807, 2.05) is 36.4 Å². The van der Waals surface area contributed by atoms with Crippen LogP contribution >= 0.6 is 15.9 Å². The number of rotatable bonds is 4. The second-order valence-corrected chi connectivity index (χ2v) is 5.54. The Morgan fingerprint density at radius 1 is 1.05 bits per heavy atom. The van der Waals surface area contributed by atoms with Gasteiger partial charge < -0.3 is 10.6 Å². The average Bonchev–Trinajstić information content (AvgIpc) is 2.48. The van der Waals surface area contributed by atoms with Gasteiger partial charge in [-0.1, -0.05) is 22.0 Å². The molecule has 1 aromatic heterocycles. The second-order valence-electron chi connectivity index (χ2n) is 4.62. The Morgan fingerprint density at radius 2 is 1.95 bits per heavy atom. The highest BCUT2D eigenvalue weighted by Crippen LogP contribution is 2.26. The summed E-state index contributed by atoms with van der Waals surface area (Å²) in [5.41, 5.74) is 2.97. The normalized spacial score (nSPS) is 10.6. The van der Waals surface area contributed by atoms with Crippen LogP contribution in [0.15, 0.2) is 53.3 Å². The molecule has 4 nitrogen and oxygen atoms in total. The fourth-order valence-corrected chi connectivity index (χ4v) is 2.57. The van der Waals surface area contributed by atoms with E-state index in [4.69, 9.17) is 0 Å². The van der Waals surface area contributed by atoms with E-state index in [2.05, 4.69) is 49.5 Å². The van der Waals surface area contributed by atoms with E-state index in [0.717, 1.165) is 39.1 Å². The van der Waals surface area contributed by atoms with Crippen molar-refractivity contribution in [2.75, 3.05) is 17.2 Å². The summed E-state index contributed by atoms with van der Waals surface area (Å²) in [6.45, 7) is 2.96. The Balaban J connectivity index is 2.02. The van der Waals surface area contributed by atoms with Crippen molar-refractivity contribution in [3.63, 3.8) is 0 Å². The lowest BCUT2D eigenvalue weighted by atomic mass is 10.2. The van der Waals surface area contributed by atoms with Gasteiger partial charge in [-0.05, 0) is 43.3 Å². The molecule has 1 heterocycles. The Bertz CT molecular complexity index is 773. The molecule has 0 amide bonds. The van der Waals surface area contributed by atoms with Gasteiger partial charge in [0.05, 0.1) is 5.52 Å². The number of hydrogen-bond donors (Lipinski definition) is 2. The molecular weight excluding hydrogens is 328 g/mol. The maximum atomic E-state index is 4.37. The molecule has 5 heteroatoms. The minimum Gasteiger partial charge on any atom is -0.385 e. The summed E-state index contributed by atoms with van der Waals surface area (Å²) in [6, 6.07) is 14.1. The lowest BCUT2D eigenvalue weighted by molar-refractivity contribution is 1.20. The van der Waals surface area contributed by atoms with Crippen LogP contribution in [0.4, 0.5) is 17.2 Å². The van der Waals surface area contributed by atoms with Crippen molar-refractivity contribution in [1.82, 2.24) is 9.97 Å². The first kappa shape index (κ1) is 13.8. The fraction of sp³-hybridized carbons (Fsp3) is 0.125. The van der Waals surface area contributed by atoms with Gasteiger partial charge in [-0.15, -0.1) is 0 Å². The molecule has 0 radical (unpaired) electrons. The molecule has 0 atom stereocenters. The molecule has 2 aromatic carbocycles. The third-order valence-electron chi connectivity index (χ3n) is 3.10. The van der Waals surface area contributed by atoms with Crippen molar-refractivity contribution in [2.24, 2.45) is 0 Å². The first-order chi connectivity index (χ1) is 10.3. The van der Waals surface area contributed by atoms with Gasteiger partial charge in [0.25, 0.3) is 0 Å². The monoisotopic (exact) mass is 342 g/mol. The molecule has 21 heavy (non-hydrogen) atoms. The molecule has 0 spiro atoms. The van der Waals surface area contributed by atoms with Gasteiger partial charge in [-0.2, -0.15) is 0 Å². The molecule has 0 bridgehead atoms. The van der Waals surface area contributed by atoms with Crippen molar-refractivity contribution in [3.8, 4) is 0 Å². The minimum absolute atomic E-state index is 0.804. The zero-order valence-corrected chi connectivity index (χ0v) is 13.2. The highest BCUT2D eigenvalue weighted by Gasteiger charge is 2.05. The molecule has 0 aliphatic carbocycles. The third-order valence-corrected chi connectivity index (χ3v) is 3.60. The van der Waals surface area contributed by atoms with Crippen LogP contribution in [-0.4, -0.2) is 16.5 Å². The molecule has 3 aromatic rings. The van der Waals surface area contributed by atoms with Gasteiger partial charge >= 0.3 is 0 Å². The van der Waals surface area contributed by atoms with E-state index < -0.39 is 0 Å². The fourth-order valence-electron chi connectivity index (χ4n) is 2.17. The van der Waals surface area contributed by atoms with Crippen LogP contribution in [0.25, 0.3) is 10.9 Å². The van der Waals surface area contributed by atoms with E-state index >= 15 is 0 Å². The van der Waals surface area contributed by atoms with Crippen molar-refractivity contribution < 1.29 is 0 Å². The molecule has 0 saturated heterocycles. The first-order valence-electron chi connectivity index (χ1n) is 6.77. The molecule has 0 unspecified atom stereocenters. The highest BCUT2D eigenvalue weighted by atomic mass is 79.9. The number of nitrogens with zero attached hydrogens (tertiary/aromatic N) is 2. The SMILES string of the molecule is CCNc1ccc2ncnc(Nc3cccc(Br)c3)c2c1. The van der Waals surface area contributed by atoms with Gasteiger partial charge in [-0.3, -0.25) is 0 Å². The van der Waals surface area contributed by atoms with Crippen LogP contribution in [0.5, 0.6) is 0 Å². The molecule has 0 aliphatic heterocycles. The van der Waals surface area contributed by atoms with Crippen molar-refractivity contribution >= 4 is 44.0 Å². The summed E-state index contributed by atoms with van der Waals surface area (Å²) in [7, 11) is 0. The average molecular weight is 343 g/mol. The Labute approximate surface area is 131 Å². The Morgan fingerprint density at radius 3 is 2.76 bits per heavy atom. The van der Waals surface area contributed by atoms with E-state index in [0.29, 0.717) is 0 Å². The first-order valence-corrected chi connectivity index (χ1v) is 7.57. The smallest absolute Gasteiger partial charge is 0.141 e. The van der Waals surface area contributed by atoms with Crippen molar-refractivity contribution in [1.29, 1.82) is 0 Å². The van der Waals surface area contributed by atoms with Crippen LogP contribution in [0.2, 0.25) is 0 Å². The number of fused-ring (bicyclic) bond motifs is 1. The van der Waals surface area contributed by atoms with E-state index in [-0.39, 0.29) is 0 Å². The lowest BCUT2D eigenvalue weighted by Gasteiger charge is -2.10. The van der Waals surface area contributed by atoms with Crippen LogP contribution in [-0.2, 0) is 0 Å². The van der Waals surface area contributed by atoms with Gasteiger partial charge in [-0.25, -0.2) is 9.97 Å². The van der Waals surface area contributed by atoms with Crippen LogP contribution < -0.4 is 10.6 Å². The van der Waals surface area contributed by atoms with Crippen molar-refractivity contribution in [3.05, 3.63) is 53.3 Å². The topological polar surface area (TPSA) is 49.8 Å². The van der Waals surface area contributed by atoms with E-state index in [1.165, 1.54) is 0 Å². The number of aromatic nitrogens is 2. The predicted molar refractivity (Wildman–Crippen MR) is 91.1 cm³/mol. The summed E-state index contributed by atoms with van der Waals surface area (Å²) in [4.78, 5) is 8.68. The largest absolute Gasteiger partial charge is 0.385 e. The number of hydrogen-bond acceptors (Lipinski definition) is 4. The zero-order valence-electron chi connectivity index (χ0n) is 11.6. The van der Waals surface area contributed by atoms with Gasteiger partial charge in [0.2, 0.25) is 0 Å². The molecular formula is C16H15BrN4. The quantitative estimate of drug-likeness (QED) is 0.729. The summed E-state index contributed by atoms with van der Waals surface area (Å²) in [5, 5.41) is 7.65. The standard InChI is InChI=1S/C16H15BrN4/c1-2-18-12-6-7-15-14(9-12)16(20-10-19-15)21-13-5-3-4-11(17)8-13/h3-10,18H,2H2,1H3,(H,19,20,21). The molecule has 0 aliphatic rings. The molecule has 106 valence electrons.